The maximum atomic E-state index is 12.6. The summed E-state index contributed by atoms with van der Waals surface area (Å²) in [5.74, 6) is 0.761. The predicted octanol–water partition coefficient (Wildman–Crippen LogP) is 2.10. The number of amides is 2. The molecule has 0 aromatic rings. The zero-order valence-electron chi connectivity index (χ0n) is 15.5. The van der Waals surface area contributed by atoms with E-state index in [1.54, 1.807) is 4.90 Å². The Hall–Kier alpha value is -1.10. The van der Waals surface area contributed by atoms with Crippen LogP contribution in [0.3, 0.4) is 0 Å². The normalized spacial score (nSPS) is 21.2. The number of piperidine rings is 1. The fourth-order valence-corrected chi connectivity index (χ4v) is 2.96. The molecule has 1 heterocycles. The SMILES string of the molecule is CCC(C)C(=O)N1CCCC(C(=O)N(C)CCC(N)C(C)C)C1. The molecule has 134 valence electrons. The van der Waals surface area contributed by atoms with Crippen molar-refractivity contribution in [2.45, 2.75) is 59.4 Å². The Balaban J connectivity index is 2.53. The number of likely N-dealkylation sites (tertiary alicyclic amines) is 1. The molecule has 23 heavy (non-hydrogen) atoms. The molecule has 1 fully saturated rings. The summed E-state index contributed by atoms with van der Waals surface area (Å²) in [6.45, 7) is 10.2. The molecule has 5 nitrogen and oxygen atoms in total. The first-order valence-electron chi connectivity index (χ1n) is 9.07. The van der Waals surface area contributed by atoms with Crippen molar-refractivity contribution in [1.82, 2.24) is 9.80 Å². The molecular formula is C18H35N3O2. The molecular weight excluding hydrogens is 290 g/mol. The summed E-state index contributed by atoms with van der Waals surface area (Å²) in [5, 5.41) is 0. The molecule has 3 unspecified atom stereocenters. The van der Waals surface area contributed by atoms with E-state index in [0.717, 1.165) is 32.2 Å². The fourth-order valence-electron chi connectivity index (χ4n) is 2.96. The molecule has 1 aliphatic heterocycles. The second-order valence-corrected chi connectivity index (χ2v) is 7.39. The first-order chi connectivity index (χ1) is 10.8. The third-order valence-corrected chi connectivity index (χ3v) is 5.15. The lowest BCUT2D eigenvalue weighted by Gasteiger charge is -2.35. The molecule has 0 saturated carbocycles. The van der Waals surface area contributed by atoms with E-state index in [-0.39, 0.29) is 29.7 Å². The topological polar surface area (TPSA) is 66.6 Å². The van der Waals surface area contributed by atoms with Crippen molar-refractivity contribution in [2.24, 2.45) is 23.5 Å². The number of carbonyl (C=O) groups excluding carboxylic acids is 2. The average molecular weight is 325 g/mol. The number of nitrogens with two attached hydrogens (primary N) is 1. The minimum absolute atomic E-state index is 0.0469. The molecule has 0 radical (unpaired) electrons. The smallest absolute Gasteiger partial charge is 0.227 e. The lowest BCUT2D eigenvalue weighted by atomic mass is 9.94. The van der Waals surface area contributed by atoms with Crippen LogP contribution in [0.1, 0.15) is 53.4 Å². The van der Waals surface area contributed by atoms with E-state index >= 15 is 0 Å². The highest BCUT2D eigenvalue weighted by molar-refractivity contribution is 5.82. The van der Waals surface area contributed by atoms with Crippen LogP contribution in [-0.2, 0) is 9.59 Å². The Labute approximate surface area is 141 Å². The second-order valence-electron chi connectivity index (χ2n) is 7.39. The molecule has 0 aromatic carbocycles. The molecule has 3 atom stereocenters. The molecule has 1 saturated heterocycles. The minimum Gasteiger partial charge on any atom is -0.345 e. The molecule has 0 bridgehead atoms. The summed E-state index contributed by atoms with van der Waals surface area (Å²) in [4.78, 5) is 28.7. The Bertz CT molecular complexity index is 398. The maximum Gasteiger partial charge on any atom is 0.227 e. The number of hydrogen-bond donors (Lipinski definition) is 1. The van der Waals surface area contributed by atoms with Gasteiger partial charge in [0.2, 0.25) is 11.8 Å². The van der Waals surface area contributed by atoms with Crippen molar-refractivity contribution in [3.63, 3.8) is 0 Å². The number of carbonyl (C=O) groups is 2. The lowest BCUT2D eigenvalue weighted by molar-refractivity contribution is -0.142. The van der Waals surface area contributed by atoms with Gasteiger partial charge in [-0.25, -0.2) is 0 Å². The standard InChI is InChI=1S/C18H35N3O2/c1-6-14(4)17(22)21-10-7-8-15(12-21)18(23)20(5)11-9-16(19)13(2)3/h13-16H,6-12,19H2,1-5H3. The van der Waals surface area contributed by atoms with Crippen LogP contribution in [0.4, 0.5) is 0 Å². The zero-order chi connectivity index (χ0) is 17.6. The maximum absolute atomic E-state index is 12.6. The minimum atomic E-state index is -0.0583. The average Bonchev–Trinajstić information content (AvgIpc) is 2.57. The predicted molar refractivity (Wildman–Crippen MR) is 93.8 cm³/mol. The summed E-state index contributed by atoms with van der Waals surface area (Å²) < 4.78 is 0. The van der Waals surface area contributed by atoms with E-state index in [1.807, 2.05) is 25.8 Å². The molecule has 0 aromatic heterocycles. The molecule has 5 heteroatoms. The van der Waals surface area contributed by atoms with Crippen molar-refractivity contribution < 1.29 is 9.59 Å². The summed E-state index contributed by atoms with van der Waals surface area (Å²) >= 11 is 0. The van der Waals surface area contributed by atoms with Gasteiger partial charge >= 0.3 is 0 Å². The number of nitrogens with zero attached hydrogens (tertiary/aromatic N) is 2. The van der Waals surface area contributed by atoms with Gasteiger partial charge in [0.1, 0.15) is 0 Å². The quantitative estimate of drug-likeness (QED) is 0.779. The summed E-state index contributed by atoms with van der Waals surface area (Å²) in [6, 6.07) is 0.125. The first kappa shape index (κ1) is 19.9. The summed E-state index contributed by atoms with van der Waals surface area (Å²) in [7, 11) is 1.85. The third-order valence-electron chi connectivity index (χ3n) is 5.15. The Morgan fingerprint density at radius 3 is 2.52 bits per heavy atom. The van der Waals surface area contributed by atoms with Crippen LogP contribution in [0, 0.1) is 17.8 Å². The van der Waals surface area contributed by atoms with Crippen molar-refractivity contribution in [2.75, 3.05) is 26.7 Å². The molecule has 0 aliphatic carbocycles. The molecule has 1 aliphatic rings. The van der Waals surface area contributed by atoms with Crippen molar-refractivity contribution in [1.29, 1.82) is 0 Å². The van der Waals surface area contributed by atoms with E-state index in [2.05, 4.69) is 13.8 Å². The highest BCUT2D eigenvalue weighted by Crippen LogP contribution is 2.21. The van der Waals surface area contributed by atoms with Crippen LogP contribution < -0.4 is 5.73 Å². The first-order valence-corrected chi connectivity index (χ1v) is 9.07. The van der Waals surface area contributed by atoms with Crippen LogP contribution in [0.25, 0.3) is 0 Å². The lowest BCUT2D eigenvalue weighted by Crippen LogP contribution is -2.47. The Morgan fingerprint density at radius 1 is 1.30 bits per heavy atom. The Morgan fingerprint density at radius 2 is 1.96 bits per heavy atom. The zero-order valence-corrected chi connectivity index (χ0v) is 15.5. The van der Waals surface area contributed by atoms with Crippen LogP contribution in [0.2, 0.25) is 0 Å². The number of rotatable bonds is 7. The van der Waals surface area contributed by atoms with Crippen LogP contribution >= 0.6 is 0 Å². The van der Waals surface area contributed by atoms with Crippen molar-refractivity contribution in [3.8, 4) is 0 Å². The molecule has 0 spiro atoms. The molecule has 1 rings (SSSR count). The van der Waals surface area contributed by atoms with Crippen molar-refractivity contribution >= 4 is 11.8 Å². The van der Waals surface area contributed by atoms with E-state index in [0.29, 0.717) is 19.0 Å². The van der Waals surface area contributed by atoms with Gasteiger partial charge in [0.25, 0.3) is 0 Å². The summed E-state index contributed by atoms with van der Waals surface area (Å²) in [6.07, 6.45) is 3.46. The van der Waals surface area contributed by atoms with Crippen LogP contribution in [-0.4, -0.2) is 54.3 Å². The van der Waals surface area contributed by atoms with Gasteiger partial charge in [0.05, 0.1) is 5.92 Å². The molecule has 2 N–H and O–H groups in total. The monoisotopic (exact) mass is 325 g/mol. The van der Waals surface area contributed by atoms with Gasteiger partial charge in [-0.3, -0.25) is 9.59 Å². The highest BCUT2D eigenvalue weighted by atomic mass is 16.2. The van der Waals surface area contributed by atoms with Gasteiger partial charge in [0, 0.05) is 38.6 Å². The van der Waals surface area contributed by atoms with Crippen LogP contribution in [0.5, 0.6) is 0 Å². The van der Waals surface area contributed by atoms with E-state index in [1.165, 1.54) is 0 Å². The largest absolute Gasteiger partial charge is 0.345 e. The number of hydrogen-bond acceptors (Lipinski definition) is 3. The van der Waals surface area contributed by atoms with E-state index in [9.17, 15) is 9.59 Å². The van der Waals surface area contributed by atoms with Gasteiger partial charge in [-0.2, -0.15) is 0 Å². The third kappa shape index (κ3) is 5.79. The van der Waals surface area contributed by atoms with E-state index < -0.39 is 0 Å². The van der Waals surface area contributed by atoms with E-state index in [4.69, 9.17) is 5.73 Å². The van der Waals surface area contributed by atoms with Gasteiger partial charge in [-0.15, -0.1) is 0 Å². The van der Waals surface area contributed by atoms with Crippen molar-refractivity contribution in [3.05, 3.63) is 0 Å². The Kier molecular flexibility index (Phi) is 8.03. The van der Waals surface area contributed by atoms with Gasteiger partial charge in [-0.05, 0) is 31.6 Å². The van der Waals surface area contributed by atoms with Crippen LogP contribution in [0.15, 0.2) is 0 Å². The van der Waals surface area contributed by atoms with Gasteiger partial charge in [-0.1, -0.05) is 27.7 Å². The van der Waals surface area contributed by atoms with Gasteiger partial charge in [0.15, 0.2) is 0 Å². The fraction of sp³-hybridized carbons (Fsp3) is 0.889. The highest BCUT2D eigenvalue weighted by Gasteiger charge is 2.31. The summed E-state index contributed by atoms with van der Waals surface area (Å²) in [5.41, 5.74) is 6.06. The van der Waals surface area contributed by atoms with Gasteiger partial charge < -0.3 is 15.5 Å². The molecule has 2 amide bonds. The second kappa shape index (κ2) is 9.26.